The van der Waals surface area contributed by atoms with Gasteiger partial charge in [0.2, 0.25) is 0 Å². The fourth-order valence-corrected chi connectivity index (χ4v) is 7.35. The summed E-state index contributed by atoms with van der Waals surface area (Å²) in [6, 6.07) is 12.8. The minimum absolute atomic E-state index is 0.0412. The minimum atomic E-state index is -0.627. The average Bonchev–Trinajstić information content (AvgIpc) is 3.32. The molecule has 1 saturated heterocycles. The van der Waals surface area contributed by atoms with Crippen LogP contribution in [0.4, 0.5) is 5.82 Å². The maximum atomic E-state index is 11.7. The molecule has 7 rings (SSSR count). The summed E-state index contributed by atoms with van der Waals surface area (Å²) in [5.41, 5.74) is 11.6. The standard InChI is InChI=1S/C29H32N6O2S/c30-28-27-23(21-5-4-20-6-7-25(37-26(20)15-21)24-3-1-2-8-31-24)17-35(29(27)33-18-32-28)22-13-19(14-22)16-34-9-11-38(36)12-10-34/h1-5,8,15,17-19,22,25H,6-7,9-14,16H2,(H2,30,32,33). The van der Waals surface area contributed by atoms with Crippen LogP contribution < -0.4 is 10.5 Å². The molecule has 196 valence electrons. The lowest BCUT2D eigenvalue weighted by Gasteiger charge is -2.40. The quantitative estimate of drug-likeness (QED) is 0.388. The third kappa shape index (κ3) is 4.42. The van der Waals surface area contributed by atoms with E-state index in [0.29, 0.717) is 17.8 Å². The molecule has 4 aromatic rings. The highest BCUT2D eigenvalue weighted by Gasteiger charge is 2.35. The predicted molar refractivity (Wildman–Crippen MR) is 149 cm³/mol. The monoisotopic (exact) mass is 528 g/mol. The smallest absolute Gasteiger partial charge is 0.146 e. The number of aryl methyl sites for hydroxylation is 1. The summed E-state index contributed by atoms with van der Waals surface area (Å²) in [6.07, 6.45) is 9.67. The van der Waals surface area contributed by atoms with Crippen molar-refractivity contribution in [3.05, 3.63) is 66.4 Å². The van der Waals surface area contributed by atoms with E-state index >= 15 is 0 Å². The summed E-state index contributed by atoms with van der Waals surface area (Å²) in [5, 5.41) is 0.909. The number of fused-ring (bicyclic) bond motifs is 2. The maximum Gasteiger partial charge on any atom is 0.146 e. The van der Waals surface area contributed by atoms with Crippen molar-refractivity contribution >= 4 is 28.0 Å². The Hall–Kier alpha value is -3.14. The summed E-state index contributed by atoms with van der Waals surface area (Å²) < 4.78 is 20.4. The van der Waals surface area contributed by atoms with E-state index in [0.717, 1.165) is 90.4 Å². The van der Waals surface area contributed by atoms with Gasteiger partial charge in [0.05, 0.1) is 11.1 Å². The van der Waals surface area contributed by atoms with Crippen molar-refractivity contribution in [2.45, 2.75) is 37.8 Å². The van der Waals surface area contributed by atoms with Crippen LogP contribution in [0.25, 0.3) is 22.2 Å². The summed E-state index contributed by atoms with van der Waals surface area (Å²) in [6.45, 7) is 3.00. The van der Waals surface area contributed by atoms with Gasteiger partial charge < -0.3 is 19.6 Å². The maximum absolute atomic E-state index is 11.7. The fourth-order valence-electron chi connectivity index (χ4n) is 6.22. The lowest BCUT2D eigenvalue weighted by Crippen LogP contribution is -2.45. The highest BCUT2D eigenvalue weighted by atomic mass is 32.2. The van der Waals surface area contributed by atoms with Gasteiger partial charge in [0.25, 0.3) is 0 Å². The van der Waals surface area contributed by atoms with Gasteiger partial charge in [0.1, 0.15) is 41.2 Å². The van der Waals surface area contributed by atoms with Crippen LogP contribution in [0.2, 0.25) is 0 Å². The Morgan fingerprint density at radius 1 is 1.08 bits per heavy atom. The number of nitrogen functional groups attached to an aromatic ring is 1. The van der Waals surface area contributed by atoms with E-state index < -0.39 is 11.2 Å². The minimum Gasteiger partial charge on any atom is -0.616 e. The third-order valence-corrected chi connectivity index (χ3v) is 9.65. The molecule has 1 aliphatic carbocycles. The van der Waals surface area contributed by atoms with Crippen LogP contribution in [0.1, 0.15) is 42.7 Å². The highest BCUT2D eigenvalue weighted by molar-refractivity contribution is 7.91. The van der Waals surface area contributed by atoms with E-state index in [-0.39, 0.29) is 6.10 Å². The molecule has 2 aliphatic heterocycles. The molecule has 1 atom stereocenters. The molecule has 0 amide bonds. The first-order valence-electron chi connectivity index (χ1n) is 13.5. The van der Waals surface area contributed by atoms with Crippen LogP contribution in [-0.4, -0.2) is 60.1 Å². The third-order valence-electron chi connectivity index (χ3n) is 8.37. The van der Waals surface area contributed by atoms with Crippen LogP contribution in [0.3, 0.4) is 0 Å². The SMILES string of the molecule is Nc1ncnc2c1c(-c1ccc3c(c1)OC(c1ccccn1)CC3)cn2C1CC(CN2CC[S+]([O-])CC2)C1. The predicted octanol–water partition coefficient (Wildman–Crippen LogP) is 4.16. The summed E-state index contributed by atoms with van der Waals surface area (Å²) >= 11 is -0.627. The van der Waals surface area contributed by atoms with Gasteiger partial charge in [-0.3, -0.25) is 9.88 Å². The van der Waals surface area contributed by atoms with Gasteiger partial charge in [0, 0.05) is 43.6 Å². The number of hydrogen-bond acceptors (Lipinski definition) is 7. The molecule has 0 radical (unpaired) electrons. The molecular weight excluding hydrogens is 496 g/mol. The van der Waals surface area contributed by atoms with Gasteiger partial charge >= 0.3 is 0 Å². The van der Waals surface area contributed by atoms with Crippen LogP contribution >= 0.6 is 0 Å². The molecule has 3 aliphatic rings. The Labute approximate surface area is 225 Å². The molecule has 0 spiro atoms. The highest BCUT2D eigenvalue weighted by Crippen LogP contribution is 2.44. The summed E-state index contributed by atoms with van der Waals surface area (Å²) in [7, 11) is 0. The number of aromatic nitrogens is 4. The normalized spacial score (nSPS) is 24.1. The molecule has 5 heterocycles. The van der Waals surface area contributed by atoms with Gasteiger partial charge in [-0.05, 0) is 60.9 Å². The number of benzene rings is 1. The van der Waals surface area contributed by atoms with Crippen LogP contribution in [-0.2, 0) is 17.6 Å². The van der Waals surface area contributed by atoms with Gasteiger partial charge in [-0.15, -0.1) is 0 Å². The molecular formula is C29H32N6O2S. The van der Waals surface area contributed by atoms with Crippen molar-refractivity contribution in [1.82, 2.24) is 24.4 Å². The van der Waals surface area contributed by atoms with Crippen molar-refractivity contribution in [3.8, 4) is 16.9 Å². The lowest BCUT2D eigenvalue weighted by atomic mass is 9.79. The number of anilines is 1. The first-order chi connectivity index (χ1) is 18.6. The van der Waals surface area contributed by atoms with Crippen LogP contribution in [0.15, 0.2) is 55.1 Å². The van der Waals surface area contributed by atoms with Crippen molar-refractivity contribution in [2.75, 3.05) is 36.9 Å². The molecule has 2 N–H and O–H groups in total. The van der Waals surface area contributed by atoms with E-state index in [1.165, 1.54) is 5.56 Å². The second kappa shape index (κ2) is 9.87. The zero-order chi connectivity index (χ0) is 25.6. The van der Waals surface area contributed by atoms with Gasteiger partial charge in [-0.25, -0.2) is 9.97 Å². The van der Waals surface area contributed by atoms with E-state index in [4.69, 9.17) is 10.5 Å². The molecule has 3 aromatic heterocycles. The summed E-state index contributed by atoms with van der Waals surface area (Å²) in [5.74, 6) is 3.70. The van der Waals surface area contributed by atoms with Gasteiger partial charge in [-0.1, -0.05) is 29.4 Å². The average molecular weight is 529 g/mol. The second-order valence-corrected chi connectivity index (χ2v) is 12.5. The molecule has 1 aromatic carbocycles. The first-order valence-corrected chi connectivity index (χ1v) is 15.0. The Bertz CT molecular complexity index is 1450. The van der Waals surface area contributed by atoms with E-state index in [9.17, 15) is 4.55 Å². The number of nitrogens with two attached hydrogens (primary N) is 1. The second-order valence-electron chi connectivity index (χ2n) is 10.8. The van der Waals surface area contributed by atoms with E-state index in [1.54, 1.807) is 6.33 Å². The lowest BCUT2D eigenvalue weighted by molar-refractivity contribution is 0.136. The van der Waals surface area contributed by atoms with Crippen molar-refractivity contribution in [3.63, 3.8) is 0 Å². The molecule has 1 unspecified atom stereocenters. The van der Waals surface area contributed by atoms with E-state index in [1.807, 2.05) is 24.4 Å². The Balaban J connectivity index is 1.15. The van der Waals surface area contributed by atoms with Crippen molar-refractivity contribution in [1.29, 1.82) is 0 Å². The number of rotatable bonds is 5. The molecule has 1 saturated carbocycles. The Morgan fingerprint density at radius 3 is 2.76 bits per heavy atom. The number of pyridine rings is 1. The molecule has 0 bridgehead atoms. The van der Waals surface area contributed by atoms with E-state index in [2.05, 4.69) is 48.8 Å². The van der Waals surface area contributed by atoms with Crippen molar-refractivity contribution in [2.24, 2.45) is 5.92 Å². The molecule has 2 fully saturated rings. The molecule has 38 heavy (non-hydrogen) atoms. The Morgan fingerprint density at radius 2 is 1.95 bits per heavy atom. The van der Waals surface area contributed by atoms with Crippen molar-refractivity contribution < 1.29 is 9.29 Å². The topological polar surface area (TPSA) is 105 Å². The number of nitrogens with zero attached hydrogens (tertiary/aromatic N) is 5. The summed E-state index contributed by atoms with van der Waals surface area (Å²) in [4.78, 5) is 16.0. The number of hydrogen-bond donors (Lipinski definition) is 1. The van der Waals surface area contributed by atoms with Crippen LogP contribution in [0, 0.1) is 5.92 Å². The first kappa shape index (κ1) is 23.9. The van der Waals surface area contributed by atoms with Crippen LogP contribution in [0.5, 0.6) is 5.75 Å². The zero-order valence-corrected chi connectivity index (χ0v) is 22.1. The van der Waals surface area contributed by atoms with Gasteiger partial charge in [-0.2, -0.15) is 0 Å². The number of ether oxygens (including phenoxy) is 1. The fraction of sp³-hybridized carbons (Fsp3) is 0.414. The van der Waals surface area contributed by atoms with Gasteiger partial charge in [0.15, 0.2) is 0 Å². The Kier molecular flexibility index (Phi) is 6.22. The zero-order valence-electron chi connectivity index (χ0n) is 21.3. The largest absolute Gasteiger partial charge is 0.616 e. The molecule has 8 nitrogen and oxygen atoms in total. The molecule has 9 heteroatoms.